The van der Waals surface area contributed by atoms with E-state index >= 15 is 0 Å². The summed E-state index contributed by atoms with van der Waals surface area (Å²) >= 11 is 7.72. The number of ether oxygens (including phenoxy) is 1. The maximum absolute atomic E-state index is 13.6. The minimum absolute atomic E-state index is 0.230. The summed E-state index contributed by atoms with van der Waals surface area (Å²) < 4.78 is 28.6. The molecule has 8 nitrogen and oxygen atoms in total. The molecule has 214 valence electrons. The summed E-state index contributed by atoms with van der Waals surface area (Å²) in [6.07, 6.45) is 1.57. The van der Waals surface area contributed by atoms with Crippen LogP contribution in [0.3, 0.4) is 0 Å². The van der Waals surface area contributed by atoms with Gasteiger partial charge in [0.2, 0.25) is 5.82 Å². The van der Waals surface area contributed by atoms with E-state index in [1.807, 2.05) is 42.5 Å². The largest absolute Gasteiger partial charge is 0.482 e. The summed E-state index contributed by atoms with van der Waals surface area (Å²) in [4.78, 5) is 30.7. The van der Waals surface area contributed by atoms with Gasteiger partial charge in [0.05, 0.1) is 24.3 Å². The van der Waals surface area contributed by atoms with E-state index < -0.39 is 0 Å². The molecule has 2 heterocycles. The van der Waals surface area contributed by atoms with Crippen LogP contribution in [-0.2, 0) is 4.79 Å². The molecule has 0 atom stereocenters. The Hall–Kier alpha value is -3.63. The number of carbonyl (C=O) groups is 1. The Morgan fingerprint density at radius 1 is 1.05 bits per heavy atom. The van der Waals surface area contributed by atoms with Crippen molar-refractivity contribution in [1.82, 2.24) is 9.66 Å². The molecule has 0 aliphatic heterocycles. The number of nitrogens with one attached hydrogen (secondary N) is 1. The van der Waals surface area contributed by atoms with E-state index in [0.29, 0.717) is 39.2 Å². The van der Waals surface area contributed by atoms with Crippen molar-refractivity contribution in [2.24, 2.45) is 5.10 Å². The number of benzene rings is 4. The number of furan rings is 1. The second-order valence-corrected chi connectivity index (χ2v) is 12.5. The van der Waals surface area contributed by atoms with Crippen molar-refractivity contribution in [3.05, 3.63) is 118 Å². The summed E-state index contributed by atoms with van der Waals surface area (Å²) in [7, 11) is 0. The van der Waals surface area contributed by atoms with Gasteiger partial charge in [0.15, 0.2) is 12.4 Å². The highest BCUT2D eigenvalue weighted by Gasteiger charge is 2.17. The Bertz CT molecular complexity index is 2090. The van der Waals surface area contributed by atoms with Crippen LogP contribution in [0.1, 0.15) is 5.56 Å². The molecule has 6 rings (SSSR count). The number of fused-ring (bicyclic) bond motifs is 2. The highest BCUT2D eigenvalue weighted by Crippen LogP contribution is 2.30. The average Bonchev–Trinajstić information content (AvgIpc) is 3.40. The van der Waals surface area contributed by atoms with Gasteiger partial charge in [-0.05, 0) is 124 Å². The molecular formula is C31H18BrFI2N4O4. The van der Waals surface area contributed by atoms with Crippen LogP contribution >= 0.6 is 61.1 Å². The van der Waals surface area contributed by atoms with Gasteiger partial charge < -0.3 is 14.5 Å². The minimum atomic E-state index is -0.386. The molecule has 1 amide bonds. The molecule has 0 bridgehead atoms. The first-order valence-electron chi connectivity index (χ1n) is 12.7. The number of hydrogen-bond donors (Lipinski definition) is 1. The van der Waals surface area contributed by atoms with Gasteiger partial charge >= 0.3 is 0 Å². The minimum Gasteiger partial charge on any atom is -0.482 e. The Kier molecular flexibility index (Phi) is 8.59. The Balaban J connectivity index is 1.29. The number of anilines is 1. The number of nitrogens with zero attached hydrogens (tertiary/aromatic N) is 3. The molecule has 0 radical (unpaired) electrons. The van der Waals surface area contributed by atoms with Crippen molar-refractivity contribution in [3.8, 4) is 17.3 Å². The molecule has 6 aromatic rings. The summed E-state index contributed by atoms with van der Waals surface area (Å²) in [5.74, 6) is 0.440. The maximum atomic E-state index is 13.6. The molecule has 0 aliphatic rings. The van der Waals surface area contributed by atoms with E-state index in [1.165, 1.54) is 28.9 Å². The lowest BCUT2D eigenvalue weighted by Gasteiger charge is -2.12. The molecule has 12 heteroatoms. The molecule has 4 aromatic carbocycles. The van der Waals surface area contributed by atoms with E-state index in [4.69, 9.17) is 14.1 Å². The zero-order chi connectivity index (χ0) is 30.1. The highest BCUT2D eigenvalue weighted by atomic mass is 127. The van der Waals surface area contributed by atoms with Gasteiger partial charge in [-0.1, -0.05) is 28.1 Å². The summed E-state index contributed by atoms with van der Waals surface area (Å²) in [5, 5.41) is 8.49. The van der Waals surface area contributed by atoms with Gasteiger partial charge in [-0.15, -0.1) is 0 Å². The molecule has 0 fully saturated rings. The van der Waals surface area contributed by atoms with Crippen LogP contribution in [-0.4, -0.2) is 28.4 Å². The number of carbonyl (C=O) groups excluding carboxylic acids is 1. The fourth-order valence-corrected chi connectivity index (χ4v) is 6.81. The first kappa shape index (κ1) is 29.4. The molecule has 1 N–H and O–H groups in total. The van der Waals surface area contributed by atoms with Crippen molar-refractivity contribution in [2.75, 3.05) is 11.9 Å². The Morgan fingerprint density at radius 2 is 1.79 bits per heavy atom. The zero-order valence-electron chi connectivity index (χ0n) is 21.9. The summed E-state index contributed by atoms with van der Waals surface area (Å²) in [5.41, 5.74) is 2.03. The lowest BCUT2D eigenvalue weighted by molar-refractivity contribution is -0.118. The first-order chi connectivity index (χ1) is 20.7. The van der Waals surface area contributed by atoms with E-state index in [2.05, 4.69) is 71.5 Å². The van der Waals surface area contributed by atoms with Crippen LogP contribution in [0.4, 0.5) is 10.1 Å². The van der Waals surface area contributed by atoms with E-state index in [1.54, 1.807) is 24.4 Å². The van der Waals surface area contributed by atoms with Crippen molar-refractivity contribution in [1.29, 1.82) is 0 Å². The van der Waals surface area contributed by atoms with Crippen molar-refractivity contribution in [2.45, 2.75) is 0 Å². The van der Waals surface area contributed by atoms with Gasteiger partial charge in [-0.2, -0.15) is 9.78 Å². The number of hydrogen-bond acceptors (Lipinski definition) is 6. The van der Waals surface area contributed by atoms with Gasteiger partial charge in [0.1, 0.15) is 17.1 Å². The number of aromatic nitrogens is 2. The van der Waals surface area contributed by atoms with Crippen LogP contribution in [0.15, 0.2) is 104 Å². The lowest BCUT2D eigenvalue weighted by atomic mass is 10.2. The molecule has 43 heavy (non-hydrogen) atoms. The smallest absolute Gasteiger partial charge is 0.282 e. The fourth-order valence-electron chi connectivity index (χ4n) is 4.30. The van der Waals surface area contributed by atoms with Crippen LogP contribution < -0.4 is 15.6 Å². The second-order valence-electron chi connectivity index (χ2n) is 9.26. The standard InChI is InChI=1S/C31H18BrFI2N4O4/c32-19-5-10-26-18(13-19)14-27(43-26)30-38-25-4-2-1-3-22(25)31(41)39(30)36-15-17-11-23(34)29(24(35)12-17)42-16-28(40)37-21-8-6-20(33)7-9-21/h1-15H,16H2,(H,37,40). The fraction of sp³-hybridized carbons (Fsp3) is 0.0323. The third-order valence-electron chi connectivity index (χ3n) is 6.27. The third-order valence-corrected chi connectivity index (χ3v) is 8.37. The SMILES string of the molecule is O=C(COc1c(I)cc(C=Nn2c(-c3cc4cc(Br)ccc4o3)nc3ccccc3c2=O)cc1I)Nc1ccc(F)cc1. The maximum Gasteiger partial charge on any atom is 0.282 e. The van der Waals surface area contributed by atoms with Crippen LogP contribution in [0.25, 0.3) is 33.5 Å². The predicted octanol–water partition coefficient (Wildman–Crippen LogP) is 7.82. The van der Waals surface area contributed by atoms with Gasteiger partial charge in [-0.3, -0.25) is 9.59 Å². The number of amides is 1. The zero-order valence-corrected chi connectivity index (χ0v) is 27.8. The topological polar surface area (TPSA) is 98.7 Å². The van der Waals surface area contributed by atoms with E-state index in [9.17, 15) is 14.0 Å². The molecular weight excluding hydrogens is 845 g/mol. The molecule has 0 aliphatic carbocycles. The molecule has 2 aromatic heterocycles. The van der Waals surface area contributed by atoms with E-state index in [-0.39, 0.29) is 29.7 Å². The van der Waals surface area contributed by atoms with Crippen molar-refractivity contribution < 1.29 is 18.3 Å². The molecule has 0 spiro atoms. The first-order valence-corrected chi connectivity index (χ1v) is 15.6. The lowest BCUT2D eigenvalue weighted by Crippen LogP contribution is -2.21. The van der Waals surface area contributed by atoms with Crippen LogP contribution in [0, 0.1) is 13.0 Å². The monoisotopic (exact) mass is 862 g/mol. The third kappa shape index (κ3) is 6.50. The van der Waals surface area contributed by atoms with Crippen molar-refractivity contribution >= 4 is 101 Å². The Morgan fingerprint density at radius 3 is 2.56 bits per heavy atom. The average molecular weight is 863 g/mol. The van der Waals surface area contributed by atoms with Gasteiger partial charge in [0.25, 0.3) is 11.5 Å². The van der Waals surface area contributed by atoms with E-state index in [0.717, 1.165) is 17.0 Å². The number of halogens is 4. The quantitative estimate of drug-likeness (QED) is 0.131. The highest BCUT2D eigenvalue weighted by molar-refractivity contribution is 14.1. The normalized spacial score (nSPS) is 11.4. The molecule has 0 unspecified atom stereocenters. The predicted molar refractivity (Wildman–Crippen MR) is 184 cm³/mol. The Labute approximate surface area is 279 Å². The second kappa shape index (κ2) is 12.5. The number of para-hydroxylation sites is 1. The van der Waals surface area contributed by atoms with Crippen LogP contribution in [0.5, 0.6) is 5.75 Å². The molecule has 0 saturated heterocycles. The van der Waals surface area contributed by atoms with Gasteiger partial charge in [0, 0.05) is 15.5 Å². The number of rotatable bonds is 7. The summed E-state index contributed by atoms with van der Waals surface area (Å²) in [6, 6.07) is 23.7. The molecule has 0 saturated carbocycles. The summed E-state index contributed by atoms with van der Waals surface area (Å²) in [6.45, 7) is -0.230. The van der Waals surface area contributed by atoms with Crippen LogP contribution in [0.2, 0.25) is 0 Å². The van der Waals surface area contributed by atoms with Crippen molar-refractivity contribution in [3.63, 3.8) is 0 Å². The van der Waals surface area contributed by atoms with Gasteiger partial charge in [-0.25, -0.2) is 9.37 Å².